The first kappa shape index (κ1) is 19.7. The van der Waals surface area contributed by atoms with E-state index >= 15 is 0 Å². The largest absolute Gasteiger partial charge is 0.338 e. The number of rotatable bonds is 7. The highest BCUT2D eigenvalue weighted by atomic mass is 32.2. The molecule has 0 bridgehead atoms. The Bertz CT molecular complexity index is 691. The van der Waals surface area contributed by atoms with Crippen LogP contribution in [0.15, 0.2) is 10.4 Å². The van der Waals surface area contributed by atoms with Crippen LogP contribution in [0.3, 0.4) is 0 Å². The van der Waals surface area contributed by atoms with Crippen molar-refractivity contribution in [2.75, 3.05) is 19.3 Å². The number of aromatic nitrogens is 4. The summed E-state index contributed by atoms with van der Waals surface area (Å²) in [6, 6.07) is 1.94. The van der Waals surface area contributed by atoms with Gasteiger partial charge < -0.3 is 10.2 Å². The number of hydrogen-bond acceptors (Lipinski definition) is 6. The maximum Gasteiger partial charge on any atom is 0.317 e. The smallest absolute Gasteiger partial charge is 0.317 e. The summed E-state index contributed by atoms with van der Waals surface area (Å²) in [5, 5.41) is 19.3. The van der Waals surface area contributed by atoms with Crippen LogP contribution in [-0.4, -0.2) is 50.7 Å². The van der Waals surface area contributed by atoms with Crippen LogP contribution in [0.5, 0.6) is 0 Å². The van der Waals surface area contributed by atoms with E-state index in [1.54, 1.807) is 35.0 Å². The summed E-state index contributed by atoms with van der Waals surface area (Å²) >= 11 is 3.27. The first-order chi connectivity index (χ1) is 11.8. The van der Waals surface area contributed by atoms with Gasteiger partial charge in [0.05, 0.1) is 17.9 Å². The standard InChI is InChI=1S/C16H26N6OS2/c1-11-18-21-15(25-11)24-8-6-7-17-14(23)22(5)10-12-9-13(20-19-12)16(2,3)4/h9H,6-8,10H2,1-5H3,(H,17,23)(H,19,20). The van der Waals surface area contributed by atoms with Crippen molar-refractivity contribution in [3.63, 3.8) is 0 Å². The molecule has 0 aliphatic heterocycles. The molecule has 0 saturated carbocycles. The van der Waals surface area contributed by atoms with Gasteiger partial charge in [-0.3, -0.25) is 5.10 Å². The van der Waals surface area contributed by atoms with Crippen LogP contribution in [0.4, 0.5) is 4.79 Å². The van der Waals surface area contributed by atoms with Crippen LogP contribution in [0.25, 0.3) is 0 Å². The number of aryl methyl sites for hydroxylation is 1. The molecule has 0 atom stereocenters. The molecule has 2 rings (SSSR count). The van der Waals surface area contributed by atoms with Crippen LogP contribution in [0.1, 0.15) is 43.6 Å². The summed E-state index contributed by atoms with van der Waals surface area (Å²) in [6.07, 6.45) is 0.890. The third kappa shape index (κ3) is 6.32. The highest BCUT2D eigenvalue weighted by Gasteiger charge is 2.18. The molecule has 7 nitrogen and oxygen atoms in total. The molecule has 2 aromatic rings. The van der Waals surface area contributed by atoms with Gasteiger partial charge in [-0.2, -0.15) is 5.10 Å². The van der Waals surface area contributed by atoms with Gasteiger partial charge in [-0.15, -0.1) is 10.2 Å². The first-order valence-corrected chi connectivity index (χ1v) is 10.0. The Labute approximate surface area is 157 Å². The number of carbonyl (C=O) groups excluding carboxylic acids is 1. The molecule has 0 radical (unpaired) electrons. The van der Waals surface area contributed by atoms with Crippen molar-refractivity contribution in [1.29, 1.82) is 0 Å². The number of nitrogens with one attached hydrogen (secondary N) is 2. The van der Waals surface area contributed by atoms with Gasteiger partial charge in [0.2, 0.25) is 0 Å². The van der Waals surface area contributed by atoms with E-state index < -0.39 is 0 Å². The molecule has 0 saturated heterocycles. The molecular weight excluding hydrogens is 356 g/mol. The highest BCUT2D eigenvalue weighted by molar-refractivity contribution is 8.01. The van der Waals surface area contributed by atoms with Crippen LogP contribution >= 0.6 is 23.1 Å². The van der Waals surface area contributed by atoms with E-state index in [0.29, 0.717) is 13.1 Å². The number of amides is 2. The fourth-order valence-electron chi connectivity index (χ4n) is 2.05. The molecular formula is C16H26N6OS2. The Balaban J connectivity index is 1.67. The molecule has 0 fully saturated rings. The summed E-state index contributed by atoms with van der Waals surface area (Å²) in [6.45, 7) is 9.44. The number of thioether (sulfide) groups is 1. The zero-order valence-corrected chi connectivity index (χ0v) is 17.1. The van der Waals surface area contributed by atoms with E-state index in [-0.39, 0.29) is 11.4 Å². The zero-order valence-electron chi connectivity index (χ0n) is 15.4. The summed E-state index contributed by atoms with van der Waals surface area (Å²) < 4.78 is 0.981. The lowest BCUT2D eigenvalue weighted by atomic mass is 9.92. The summed E-state index contributed by atoms with van der Waals surface area (Å²) in [7, 11) is 1.78. The molecule has 9 heteroatoms. The normalized spacial score (nSPS) is 11.6. The quantitative estimate of drug-likeness (QED) is 0.567. The van der Waals surface area contributed by atoms with Gasteiger partial charge in [0, 0.05) is 24.8 Å². The number of carbonyl (C=O) groups is 1. The molecule has 0 aliphatic carbocycles. The fraction of sp³-hybridized carbons (Fsp3) is 0.625. The molecule has 2 aromatic heterocycles. The molecule has 2 amide bonds. The van der Waals surface area contributed by atoms with E-state index in [2.05, 4.69) is 46.5 Å². The Kier molecular flexibility index (Phi) is 6.83. The zero-order chi connectivity index (χ0) is 18.4. The third-order valence-electron chi connectivity index (χ3n) is 3.48. The monoisotopic (exact) mass is 382 g/mol. The number of hydrogen-bond donors (Lipinski definition) is 2. The maximum atomic E-state index is 12.1. The molecule has 0 aliphatic rings. The molecule has 2 N–H and O–H groups in total. The Morgan fingerprint density at radius 2 is 2.16 bits per heavy atom. The number of nitrogens with zero attached hydrogens (tertiary/aromatic N) is 4. The minimum Gasteiger partial charge on any atom is -0.338 e. The van der Waals surface area contributed by atoms with Gasteiger partial charge >= 0.3 is 6.03 Å². The van der Waals surface area contributed by atoms with Crippen LogP contribution in [0.2, 0.25) is 0 Å². The van der Waals surface area contributed by atoms with Crippen molar-refractivity contribution >= 4 is 29.1 Å². The van der Waals surface area contributed by atoms with Crippen LogP contribution < -0.4 is 5.32 Å². The van der Waals surface area contributed by atoms with Gasteiger partial charge in [0.25, 0.3) is 0 Å². The lowest BCUT2D eigenvalue weighted by Gasteiger charge is -2.17. The van der Waals surface area contributed by atoms with Crippen molar-refractivity contribution in [1.82, 2.24) is 30.6 Å². The van der Waals surface area contributed by atoms with Crippen molar-refractivity contribution in [2.45, 2.75) is 50.4 Å². The molecule has 138 valence electrons. The Morgan fingerprint density at radius 1 is 1.40 bits per heavy atom. The lowest BCUT2D eigenvalue weighted by Crippen LogP contribution is -2.37. The fourth-order valence-corrected chi connectivity index (χ4v) is 3.88. The molecule has 0 aromatic carbocycles. The minimum atomic E-state index is -0.0799. The predicted molar refractivity (Wildman–Crippen MR) is 102 cm³/mol. The Morgan fingerprint density at radius 3 is 2.76 bits per heavy atom. The van der Waals surface area contributed by atoms with Crippen molar-refractivity contribution in [3.05, 3.63) is 22.5 Å². The molecule has 0 spiro atoms. The van der Waals surface area contributed by atoms with E-state index in [0.717, 1.165) is 32.9 Å². The second-order valence-electron chi connectivity index (χ2n) is 6.91. The van der Waals surface area contributed by atoms with E-state index in [1.807, 2.05) is 13.0 Å². The second-order valence-corrected chi connectivity index (χ2v) is 9.43. The van der Waals surface area contributed by atoms with Gasteiger partial charge in [0.1, 0.15) is 5.01 Å². The second kappa shape index (κ2) is 8.66. The van der Waals surface area contributed by atoms with Crippen molar-refractivity contribution < 1.29 is 4.79 Å². The number of urea groups is 1. The SMILES string of the molecule is Cc1nnc(SCCCNC(=O)N(C)Cc2cc(C(C)(C)C)n[nH]2)s1. The van der Waals surface area contributed by atoms with E-state index in [9.17, 15) is 4.79 Å². The molecule has 2 heterocycles. The third-order valence-corrected chi connectivity index (χ3v) is 5.54. The van der Waals surface area contributed by atoms with Crippen LogP contribution in [-0.2, 0) is 12.0 Å². The molecule has 25 heavy (non-hydrogen) atoms. The predicted octanol–water partition coefficient (Wildman–Crippen LogP) is 3.19. The van der Waals surface area contributed by atoms with Gasteiger partial charge in [-0.05, 0) is 19.4 Å². The van der Waals surface area contributed by atoms with Gasteiger partial charge in [-0.1, -0.05) is 43.9 Å². The maximum absolute atomic E-state index is 12.1. The van der Waals surface area contributed by atoms with Crippen LogP contribution in [0, 0.1) is 6.92 Å². The summed E-state index contributed by atoms with van der Waals surface area (Å²) in [4.78, 5) is 13.8. The van der Waals surface area contributed by atoms with Crippen molar-refractivity contribution in [2.24, 2.45) is 0 Å². The average molecular weight is 383 g/mol. The van der Waals surface area contributed by atoms with E-state index in [4.69, 9.17) is 0 Å². The summed E-state index contributed by atoms with van der Waals surface area (Å²) in [5.74, 6) is 0.911. The first-order valence-electron chi connectivity index (χ1n) is 8.22. The van der Waals surface area contributed by atoms with Gasteiger partial charge in [0.15, 0.2) is 4.34 Å². The number of aromatic amines is 1. The van der Waals surface area contributed by atoms with Gasteiger partial charge in [-0.25, -0.2) is 4.79 Å². The van der Waals surface area contributed by atoms with Crippen molar-refractivity contribution in [3.8, 4) is 0 Å². The average Bonchev–Trinajstić information content (AvgIpc) is 3.15. The highest BCUT2D eigenvalue weighted by Crippen LogP contribution is 2.22. The number of H-pyrrole nitrogens is 1. The summed E-state index contributed by atoms with van der Waals surface area (Å²) in [5.41, 5.74) is 1.93. The van der Waals surface area contributed by atoms with E-state index in [1.165, 1.54) is 0 Å². The topological polar surface area (TPSA) is 86.8 Å². The minimum absolute atomic E-state index is 0.00126. The Hall–Kier alpha value is -1.61. The lowest BCUT2D eigenvalue weighted by molar-refractivity contribution is 0.206. The molecule has 0 unspecified atom stereocenters.